The van der Waals surface area contributed by atoms with E-state index in [2.05, 4.69) is 15.1 Å². The van der Waals surface area contributed by atoms with Gasteiger partial charge < -0.3 is 10.0 Å². The van der Waals surface area contributed by atoms with E-state index in [9.17, 15) is 9.59 Å². The molecule has 3 rings (SSSR count). The van der Waals surface area contributed by atoms with E-state index in [0.717, 1.165) is 5.69 Å². The Kier molecular flexibility index (Phi) is 2.85. The molecule has 2 aromatic heterocycles. The van der Waals surface area contributed by atoms with Crippen molar-refractivity contribution in [2.24, 2.45) is 5.92 Å². The van der Waals surface area contributed by atoms with Crippen LogP contribution >= 0.6 is 0 Å². The van der Waals surface area contributed by atoms with E-state index >= 15 is 0 Å². The SMILES string of the molecule is CCc1c(C(=O)N2CC(C(=O)O)C2)cnc2ncnn12. The van der Waals surface area contributed by atoms with E-state index in [0.29, 0.717) is 17.8 Å². The highest BCUT2D eigenvalue weighted by molar-refractivity contribution is 5.96. The van der Waals surface area contributed by atoms with Crippen LogP contribution in [0.2, 0.25) is 0 Å². The van der Waals surface area contributed by atoms with Crippen molar-refractivity contribution in [2.75, 3.05) is 13.1 Å². The van der Waals surface area contributed by atoms with Gasteiger partial charge in [-0.15, -0.1) is 0 Å². The van der Waals surface area contributed by atoms with E-state index in [1.165, 1.54) is 17.4 Å². The summed E-state index contributed by atoms with van der Waals surface area (Å²) >= 11 is 0. The van der Waals surface area contributed by atoms with Crippen LogP contribution in [0, 0.1) is 5.92 Å². The Hall–Kier alpha value is -2.51. The van der Waals surface area contributed by atoms with Crippen molar-refractivity contribution in [2.45, 2.75) is 13.3 Å². The first-order chi connectivity index (χ1) is 9.61. The first-order valence-electron chi connectivity index (χ1n) is 6.31. The van der Waals surface area contributed by atoms with Crippen LogP contribution in [0.1, 0.15) is 23.0 Å². The van der Waals surface area contributed by atoms with Crippen molar-refractivity contribution in [3.8, 4) is 0 Å². The van der Waals surface area contributed by atoms with Crippen molar-refractivity contribution in [1.82, 2.24) is 24.5 Å². The van der Waals surface area contributed by atoms with Crippen LogP contribution in [0.4, 0.5) is 0 Å². The fraction of sp³-hybridized carbons (Fsp3) is 0.417. The fourth-order valence-corrected chi connectivity index (χ4v) is 2.31. The molecule has 3 heterocycles. The van der Waals surface area contributed by atoms with Crippen LogP contribution in [0.15, 0.2) is 12.5 Å². The Bertz CT molecular complexity index is 689. The molecular weight excluding hydrogens is 262 g/mol. The maximum absolute atomic E-state index is 12.4. The summed E-state index contributed by atoms with van der Waals surface area (Å²) in [6, 6.07) is 0. The van der Waals surface area contributed by atoms with Gasteiger partial charge in [0.05, 0.1) is 17.2 Å². The fourth-order valence-electron chi connectivity index (χ4n) is 2.31. The summed E-state index contributed by atoms with van der Waals surface area (Å²) in [6.45, 7) is 2.41. The third-order valence-corrected chi connectivity index (χ3v) is 3.49. The quantitative estimate of drug-likeness (QED) is 0.835. The van der Waals surface area contributed by atoms with Gasteiger partial charge in [-0.05, 0) is 6.42 Å². The maximum Gasteiger partial charge on any atom is 0.310 e. The van der Waals surface area contributed by atoms with Crippen LogP contribution < -0.4 is 0 Å². The molecule has 0 spiro atoms. The number of aliphatic carboxylic acids is 1. The topological polar surface area (TPSA) is 101 Å². The minimum Gasteiger partial charge on any atom is -0.481 e. The summed E-state index contributed by atoms with van der Waals surface area (Å²) in [7, 11) is 0. The average Bonchev–Trinajstić information content (AvgIpc) is 2.83. The molecule has 20 heavy (non-hydrogen) atoms. The molecule has 0 bridgehead atoms. The zero-order valence-electron chi connectivity index (χ0n) is 10.9. The van der Waals surface area contributed by atoms with Crippen molar-refractivity contribution in [3.05, 3.63) is 23.8 Å². The predicted octanol–water partition coefficient (Wildman–Crippen LogP) is -0.157. The second-order valence-electron chi connectivity index (χ2n) is 4.69. The summed E-state index contributed by atoms with van der Waals surface area (Å²) in [4.78, 5) is 32.7. The third kappa shape index (κ3) is 1.80. The number of fused-ring (bicyclic) bond motifs is 1. The van der Waals surface area contributed by atoms with Gasteiger partial charge in [-0.3, -0.25) is 9.59 Å². The number of likely N-dealkylation sites (tertiary alicyclic amines) is 1. The molecule has 0 radical (unpaired) electrons. The second-order valence-corrected chi connectivity index (χ2v) is 4.69. The number of aryl methyl sites for hydroxylation is 1. The molecule has 0 aliphatic carbocycles. The smallest absolute Gasteiger partial charge is 0.310 e. The van der Waals surface area contributed by atoms with Gasteiger partial charge in [0.15, 0.2) is 0 Å². The normalized spacial score (nSPS) is 15.3. The number of amides is 1. The van der Waals surface area contributed by atoms with Gasteiger partial charge in [-0.25, -0.2) is 9.50 Å². The van der Waals surface area contributed by atoms with Crippen molar-refractivity contribution in [1.29, 1.82) is 0 Å². The molecule has 8 heteroatoms. The second kappa shape index (κ2) is 4.55. The molecular formula is C12H13N5O3. The molecule has 1 N–H and O–H groups in total. The highest BCUT2D eigenvalue weighted by Crippen LogP contribution is 2.20. The van der Waals surface area contributed by atoms with E-state index in [1.54, 1.807) is 4.52 Å². The molecule has 104 valence electrons. The number of carboxylic acids is 1. The summed E-state index contributed by atoms with van der Waals surface area (Å²) in [5.74, 6) is -1.09. The van der Waals surface area contributed by atoms with Gasteiger partial charge in [0.25, 0.3) is 11.7 Å². The molecule has 1 fully saturated rings. The molecule has 2 aromatic rings. The number of carbonyl (C=O) groups excluding carboxylic acids is 1. The van der Waals surface area contributed by atoms with E-state index in [4.69, 9.17) is 5.11 Å². The molecule has 0 atom stereocenters. The number of nitrogens with zero attached hydrogens (tertiary/aromatic N) is 5. The average molecular weight is 275 g/mol. The number of hydrogen-bond acceptors (Lipinski definition) is 5. The lowest BCUT2D eigenvalue weighted by Gasteiger charge is -2.36. The molecule has 1 amide bonds. The van der Waals surface area contributed by atoms with E-state index < -0.39 is 11.9 Å². The summed E-state index contributed by atoms with van der Waals surface area (Å²) < 4.78 is 1.54. The number of carboxylic acid groups (broad SMARTS) is 1. The Balaban J connectivity index is 1.90. The Morgan fingerprint density at radius 1 is 1.40 bits per heavy atom. The van der Waals surface area contributed by atoms with Crippen LogP contribution in [-0.2, 0) is 11.2 Å². The Morgan fingerprint density at radius 2 is 2.15 bits per heavy atom. The molecule has 0 saturated carbocycles. The van der Waals surface area contributed by atoms with Gasteiger partial charge in [-0.1, -0.05) is 6.92 Å². The molecule has 1 aliphatic rings. The largest absolute Gasteiger partial charge is 0.481 e. The van der Waals surface area contributed by atoms with Crippen LogP contribution in [0.3, 0.4) is 0 Å². The molecule has 8 nitrogen and oxygen atoms in total. The van der Waals surface area contributed by atoms with E-state index in [1.807, 2.05) is 6.92 Å². The molecule has 0 unspecified atom stereocenters. The van der Waals surface area contributed by atoms with Gasteiger partial charge in [0.2, 0.25) is 0 Å². The first kappa shape index (κ1) is 12.5. The van der Waals surface area contributed by atoms with Crippen LogP contribution in [-0.4, -0.2) is 54.6 Å². The highest BCUT2D eigenvalue weighted by atomic mass is 16.4. The molecule has 1 aliphatic heterocycles. The van der Waals surface area contributed by atoms with Crippen molar-refractivity contribution in [3.63, 3.8) is 0 Å². The highest BCUT2D eigenvalue weighted by Gasteiger charge is 2.36. The lowest BCUT2D eigenvalue weighted by atomic mass is 9.99. The Labute approximate surface area is 114 Å². The summed E-state index contributed by atoms with van der Waals surface area (Å²) in [5.41, 5.74) is 1.19. The number of hydrogen-bond donors (Lipinski definition) is 1. The van der Waals surface area contributed by atoms with Crippen molar-refractivity contribution >= 4 is 17.7 Å². The molecule has 1 saturated heterocycles. The zero-order valence-corrected chi connectivity index (χ0v) is 10.9. The summed E-state index contributed by atoms with van der Waals surface area (Å²) in [6.07, 6.45) is 3.48. The number of aromatic nitrogens is 4. The minimum absolute atomic E-state index is 0.204. The van der Waals surface area contributed by atoms with Crippen LogP contribution in [0.25, 0.3) is 5.78 Å². The van der Waals surface area contributed by atoms with E-state index in [-0.39, 0.29) is 19.0 Å². The number of rotatable bonds is 3. The summed E-state index contributed by atoms with van der Waals surface area (Å²) in [5, 5.41) is 12.9. The lowest BCUT2D eigenvalue weighted by Crippen LogP contribution is -2.53. The van der Waals surface area contributed by atoms with Gasteiger partial charge in [0, 0.05) is 19.3 Å². The molecule has 0 aromatic carbocycles. The maximum atomic E-state index is 12.4. The van der Waals surface area contributed by atoms with Crippen molar-refractivity contribution < 1.29 is 14.7 Å². The predicted molar refractivity (Wildman–Crippen MR) is 67.2 cm³/mol. The van der Waals surface area contributed by atoms with Crippen LogP contribution in [0.5, 0.6) is 0 Å². The van der Waals surface area contributed by atoms with Gasteiger partial charge in [-0.2, -0.15) is 10.1 Å². The third-order valence-electron chi connectivity index (χ3n) is 3.49. The minimum atomic E-state index is -0.866. The van der Waals surface area contributed by atoms with Gasteiger partial charge in [0.1, 0.15) is 6.33 Å². The van der Waals surface area contributed by atoms with Gasteiger partial charge >= 0.3 is 5.97 Å². The monoisotopic (exact) mass is 275 g/mol. The lowest BCUT2D eigenvalue weighted by molar-refractivity contribution is -0.146. The zero-order chi connectivity index (χ0) is 14.3. The number of carbonyl (C=O) groups is 2. The standard InChI is InChI=1S/C12H13N5O3/c1-2-9-8(3-13-12-14-6-15-17(9)12)10(18)16-4-7(5-16)11(19)20/h3,6-7H,2,4-5H2,1H3,(H,19,20). The Morgan fingerprint density at radius 3 is 2.80 bits per heavy atom. The first-order valence-corrected chi connectivity index (χ1v) is 6.31.